The SMILES string of the molecule is CCCOc1cnccc1-c1[nH]c2c(c1Nc1ccccc1)C(=O)N(C)CC2. The standard InChI is InChI=1S/C22H24N4O2/c1-3-13-28-18-14-23-11-9-16(18)20-21(24-15-7-5-4-6-8-15)19-17(25-20)10-12-26(2)22(19)27/h4-9,11,14,24-25H,3,10,12-13H2,1-2H3. The lowest BCUT2D eigenvalue weighted by Gasteiger charge is -2.23. The number of rotatable bonds is 6. The molecule has 2 aromatic heterocycles. The van der Waals surface area contributed by atoms with E-state index in [1.807, 2.05) is 43.4 Å². The maximum absolute atomic E-state index is 13.0. The van der Waals surface area contributed by atoms with Crippen molar-refractivity contribution in [2.45, 2.75) is 19.8 Å². The average Bonchev–Trinajstić information content (AvgIpc) is 3.09. The van der Waals surface area contributed by atoms with Gasteiger partial charge in [-0.05, 0) is 24.6 Å². The molecule has 0 spiro atoms. The first-order valence-electron chi connectivity index (χ1n) is 9.58. The number of carbonyl (C=O) groups excluding carboxylic acids is 1. The number of H-pyrrole nitrogens is 1. The number of hydrogen-bond donors (Lipinski definition) is 2. The fraction of sp³-hybridized carbons (Fsp3) is 0.273. The minimum atomic E-state index is 0.0206. The van der Waals surface area contributed by atoms with E-state index in [-0.39, 0.29) is 5.91 Å². The van der Waals surface area contributed by atoms with Crippen molar-refractivity contribution in [2.24, 2.45) is 0 Å². The van der Waals surface area contributed by atoms with Crippen molar-refractivity contribution in [3.8, 4) is 17.0 Å². The smallest absolute Gasteiger partial charge is 0.257 e. The highest BCUT2D eigenvalue weighted by Gasteiger charge is 2.30. The van der Waals surface area contributed by atoms with Gasteiger partial charge in [0.25, 0.3) is 5.91 Å². The molecular weight excluding hydrogens is 352 g/mol. The van der Waals surface area contributed by atoms with E-state index in [1.165, 1.54) is 0 Å². The first-order chi connectivity index (χ1) is 13.7. The Kier molecular flexibility index (Phi) is 5.02. The molecule has 1 aliphatic rings. The van der Waals surface area contributed by atoms with E-state index >= 15 is 0 Å². The molecule has 0 saturated heterocycles. The Balaban J connectivity index is 1.86. The van der Waals surface area contributed by atoms with Crippen molar-refractivity contribution in [1.29, 1.82) is 0 Å². The summed E-state index contributed by atoms with van der Waals surface area (Å²) in [5.74, 6) is 0.729. The van der Waals surface area contributed by atoms with E-state index in [0.717, 1.165) is 41.2 Å². The highest BCUT2D eigenvalue weighted by Crippen LogP contribution is 2.40. The largest absolute Gasteiger partial charge is 0.491 e. The van der Waals surface area contributed by atoms with E-state index in [9.17, 15) is 4.79 Å². The number of pyridine rings is 1. The number of aromatic amines is 1. The zero-order valence-electron chi connectivity index (χ0n) is 16.2. The van der Waals surface area contributed by atoms with Crippen LogP contribution in [0.15, 0.2) is 48.8 Å². The van der Waals surface area contributed by atoms with Gasteiger partial charge in [-0.2, -0.15) is 0 Å². The molecule has 4 rings (SSSR count). The molecule has 28 heavy (non-hydrogen) atoms. The number of ether oxygens (including phenoxy) is 1. The number of anilines is 2. The molecule has 144 valence electrons. The molecule has 1 aromatic carbocycles. The van der Waals surface area contributed by atoms with Crippen molar-refractivity contribution in [1.82, 2.24) is 14.9 Å². The zero-order valence-corrected chi connectivity index (χ0v) is 16.2. The molecule has 0 unspecified atom stereocenters. The maximum atomic E-state index is 13.0. The van der Waals surface area contributed by atoms with E-state index in [1.54, 1.807) is 17.3 Å². The minimum absolute atomic E-state index is 0.0206. The van der Waals surface area contributed by atoms with Gasteiger partial charge >= 0.3 is 0 Å². The molecule has 0 saturated carbocycles. The van der Waals surface area contributed by atoms with Crippen molar-refractivity contribution in [3.05, 3.63) is 60.0 Å². The van der Waals surface area contributed by atoms with Crippen LogP contribution < -0.4 is 10.1 Å². The normalized spacial score (nSPS) is 13.4. The van der Waals surface area contributed by atoms with Crippen LogP contribution in [0.3, 0.4) is 0 Å². The number of benzene rings is 1. The van der Waals surface area contributed by atoms with E-state index in [2.05, 4.69) is 22.2 Å². The van der Waals surface area contributed by atoms with E-state index in [0.29, 0.717) is 24.5 Å². The predicted octanol–water partition coefficient (Wildman–Crippen LogP) is 4.24. The molecule has 6 heteroatoms. The van der Waals surface area contributed by atoms with Crippen LogP contribution in [-0.4, -0.2) is 41.0 Å². The first kappa shape index (κ1) is 18.1. The molecule has 0 aliphatic carbocycles. The van der Waals surface area contributed by atoms with E-state index < -0.39 is 0 Å². The fourth-order valence-corrected chi connectivity index (χ4v) is 3.45. The van der Waals surface area contributed by atoms with Gasteiger partial charge in [0.1, 0.15) is 5.75 Å². The van der Waals surface area contributed by atoms with Crippen molar-refractivity contribution in [3.63, 3.8) is 0 Å². The van der Waals surface area contributed by atoms with Crippen LogP contribution in [0, 0.1) is 0 Å². The van der Waals surface area contributed by atoms with Gasteiger partial charge in [0.15, 0.2) is 0 Å². The number of aromatic nitrogens is 2. The number of likely N-dealkylation sites (N-methyl/N-ethyl adjacent to an activating group) is 1. The second-order valence-corrected chi connectivity index (χ2v) is 6.92. The molecule has 0 radical (unpaired) electrons. The van der Waals surface area contributed by atoms with Gasteiger partial charge in [0.2, 0.25) is 0 Å². The molecule has 1 aliphatic heterocycles. The maximum Gasteiger partial charge on any atom is 0.257 e. The third kappa shape index (κ3) is 3.33. The van der Waals surface area contributed by atoms with Gasteiger partial charge < -0.3 is 19.9 Å². The summed E-state index contributed by atoms with van der Waals surface area (Å²) in [5.41, 5.74) is 5.11. The number of carbonyl (C=O) groups is 1. The zero-order chi connectivity index (χ0) is 19.5. The molecule has 0 bridgehead atoms. The molecule has 0 atom stereocenters. The number of para-hydroxylation sites is 1. The van der Waals surface area contributed by atoms with Crippen LogP contribution in [0.4, 0.5) is 11.4 Å². The summed E-state index contributed by atoms with van der Waals surface area (Å²) < 4.78 is 5.92. The summed E-state index contributed by atoms with van der Waals surface area (Å²) in [6.07, 6.45) is 5.17. The van der Waals surface area contributed by atoms with Gasteiger partial charge in [0.05, 0.1) is 29.7 Å². The molecule has 2 N–H and O–H groups in total. The van der Waals surface area contributed by atoms with Crippen LogP contribution >= 0.6 is 0 Å². The summed E-state index contributed by atoms with van der Waals surface area (Å²) in [6.45, 7) is 3.38. The average molecular weight is 376 g/mol. The summed E-state index contributed by atoms with van der Waals surface area (Å²) in [7, 11) is 1.84. The lowest BCUT2D eigenvalue weighted by Crippen LogP contribution is -2.34. The summed E-state index contributed by atoms with van der Waals surface area (Å²) in [6, 6.07) is 11.8. The molecule has 1 amide bonds. The van der Waals surface area contributed by atoms with Crippen LogP contribution in [0.2, 0.25) is 0 Å². The summed E-state index contributed by atoms with van der Waals surface area (Å²) >= 11 is 0. The number of fused-ring (bicyclic) bond motifs is 1. The Morgan fingerprint density at radius 2 is 2.07 bits per heavy atom. The van der Waals surface area contributed by atoms with Crippen molar-refractivity contribution < 1.29 is 9.53 Å². The highest BCUT2D eigenvalue weighted by atomic mass is 16.5. The number of nitrogens with zero attached hydrogens (tertiary/aromatic N) is 2. The predicted molar refractivity (Wildman–Crippen MR) is 110 cm³/mol. The molecule has 3 aromatic rings. The Bertz CT molecular complexity index is 981. The van der Waals surface area contributed by atoms with Gasteiger partial charge in [-0.15, -0.1) is 0 Å². The molecular formula is C22H24N4O2. The Labute approximate surface area is 164 Å². The molecule has 6 nitrogen and oxygen atoms in total. The van der Waals surface area contributed by atoms with Gasteiger partial charge in [-0.3, -0.25) is 9.78 Å². The minimum Gasteiger partial charge on any atom is -0.491 e. The van der Waals surface area contributed by atoms with Gasteiger partial charge in [0, 0.05) is 43.2 Å². The number of hydrogen-bond acceptors (Lipinski definition) is 4. The fourth-order valence-electron chi connectivity index (χ4n) is 3.45. The van der Waals surface area contributed by atoms with Gasteiger partial charge in [-0.1, -0.05) is 25.1 Å². The number of amides is 1. The summed E-state index contributed by atoms with van der Waals surface area (Å²) in [4.78, 5) is 22.4. The lowest BCUT2D eigenvalue weighted by atomic mass is 10.0. The Hall–Kier alpha value is -3.28. The Morgan fingerprint density at radius 1 is 1.25 bits per heavy atom. The monoisotopic (exact) mass is 376 g/mol. The van der Waals surface area contributed by atoms with Crippen LogP contribution in [-0.2, 0) is 6.42 Å². The van der Waals surface area contributed by atoms with Gasteiger partial charge in [-0.25, -0.2) is 0 Å². The van der Waals surface area contributed by atoms with Crippen molar-refractivity contribution >= 4 is 17.3 Å². The second kappa shape index (κ2) is 7.76. The number of nitrogens with one attached hydrogen (secondary N) is 2. The third-order valence-corrected chi connectivity index (χ3v) is 4.89. The summed E-state index contributed by atoms with van der Waals surface area (Å²) in [5, 5.41) is 3.46. The van der Waals surface area contributed by atoms with Crippen molar-refractivity contribution in [2.75, 3.05) is 25.5 Å². The lowest BCUT2D eigenvalue weighted by molar-refractivity contribution is 0.0781. The topological polar surface area (TPSA) is 70.2 Å². The second-order valence-electron chi connectivity index (χ2n) is 6.92. The third-order valence-electron chi connectivity index (χ3n) is 4.89. The quantitative estimate of drug-likeness (QED) is 0.675. The molecule has 3 heterocycles. The Morgan fingerprint density at radius 3 is 2.86 bits per heavy atom. The van der Waals surface area contributed by atoms with Crippen LogP contribution in [0.1, 0.15) is 29.4 Å². The van der Waals surface area contributed by atoms with E-state index in [4.69, 9.17) is 4.74 Å². The highest BCUT2D eigenvalue weighted by molar-refractivity contribution is 6.06. The molecule has 0 fully saturated rings. The van der Waals surface area contributed by atoms with Crippen LogP contribution in [0.25, 0.3) is 11.3 Å². The van der Waals surface area contributed by atoms with Crippen LogP contribution in [0.5, 0.6) is 5.75 Å². The first-order valence-corrected chi connectivity index (χ1v) is 9.58.